The molecule has 1 aliphatic rings. The fourth-order valence-electron chi connectivity index (χ4n) is 2.86. The van der Waals surface area contributed by atoms with Gasteiger partial charge in [-0.15, -0.1) is 0 Å². The molecular weight excluding hydrogens is 270 g/mol. The van der Waals surface area contributed by atoms with Crippen molar-refractivity contribution >= 4 is 11.8 Å². The molecule has 2 aromatic rings. The summed E-state index contributed by atoms with van der Waals surface area (Å²) in [5.41, 5.74) is 3.38. The van der Waals surface area contributed by atoms with Gasteiger partial charge in [-0.2, -0.15) is 0 Å². The van der Waals surface area contributed by atoms with Crippen molar-refractivity contribution in [3.05, 3.63) is 65.7 Å². The molecule has 0 saturated carbocycles. The number of benzene rings is 2. The van der Waals surface area contributed by atoms with E-state index in [1.165, 1.54) is 5.56 Å². The molecule has 1 aliphatic heterocycles. The third-order valence-electron chi connectivity index (χ3n) is 4.05. The van der Waals surface area contributed by atoms with Crippen LogP contribution in [-0.2, 0) is 6.54 Å². The minimum atomic E-state index is -0.166. The van der Waals surface area contributed by atoms with Crippen molar-refractivity contribution in [1.29, 1.82) is 0 Å². The second kappa shape index (κ2) is 6.27. The molecule has 1 N–H and O–H groups in total. The molecule has 1 heterocycles. The van der Waals surface area contributed by atoms with Crippen LogP contribution in [-0.4, -0.2) is 5.60 Å². The van der Waals surface area contributed by atoms with Crippen LogP contribution in [0.1, 0.15) is 37.8 Å². The van der Waals surface area contributed by atoms with Gasteiger partial charge in [-0.25, -0.2) is 0 Å². The Morgan fingerprint density at radius 1 is 1.09 bits per heavy atom. The third kappa shape index (κ3) is 3.33. The Kier molecular flexibility index (Phi) is 4.19. The summed E-state index contributed by atoms with van der Waals surface area (Å²) in [6.45, 7) is 5.17. The number of hydrogen-bond donors (Lipinski definition) is 1. The summed E-state index contributed by atoms with van der Waals surface area (Å²) >= 11 is 0. The van der Waals surface area contributed by atoms with Crippen LogP contribution < -0.4 is 10.1 Å². The van der Waals surface area contributed by atoms with Crippen LogP contribution in [0.15, 0.2) is 54.6 Å². The Balaban J connectivity index is 1.71. The Bertz CT molecular complexity index is 663. The first-order chi connectivity index (χ1) is 10.7. The molecule has 0 amide bonds. The maximum Gasteiger partial charge on any atom is 0.127 e. The molecular formula is C20H23NO. The Morgan fingerprint density at radius 3 is 2.68 bits per heavy atom. The van der Waals surface area contributed by atoms with Crippen LogP contribution in [0, 0.1) is 0 Å². The van der Waals surface area contributed by atoms with Crippen LogP contribution in [0.5, 0.6) is 5.75 Å². The topological polar surface area (TPSA) is 21.3 Å². The molecule has 2 heteroatoms. The van der Waals surface area contributed by atoms with Gasteiger partial charge in [0.25, 0.3) is 0 Å². The lowest BCUT2D eigenvalue weighted by Gasteiger charge is -2.31. The quantitative estimate of drug-likeness (QED) is 0.811. The van der Waals surface area contributed by atoms with Crippen molar-refractivity contribution in [1.82, 2.24) is 0 Å². The van der Waals surface area contributed by atoms with Crippen LogP contribution in [0.4, 0.5) is 5.69 Å². The fraction of sp³-hybridized carbons (Fsp3) is 0.300. The van der Waals surface area contributed by atoms with E-state index in [-0.39, 0.29) is 5.60 Å². The smallest absolute Gasteiger partial charge is 0.127 e. The van der Waals surface area contributed by atoms with E-state index in [1.54, 1.807) is 0 Å². The van der Waals surface area contributed by atoms with Crippen molar-refractivity contribution in [2.24, 2.45) is 0 Å². The molecule has 2 aromatic carbocycles. The van der Waals surface area contributed by atoms with Gasteiger partial charge in [0.1, 0.15) is 11.4 Å². The molecule has 2 nitrogen and oxygen atoms in total. The molecule has 0 radical (unpaired) electrons. The Labute approximate surface area is 132 Å². The van der Waals surface area contributed by atoms with Gasteiger partial charge in [-0.05, 0) is 43.2 Å². The number of hydrogen-bond acceptors (Lipinski definition) is 2. The molecule has 22 heavy (non-hydrogen) atoms. The van der Waals surface area contributed by atoms with Crippen molar-refractivity contribution in [3.63, 3.8) is 0 Å². The third-order valence-corrected chi connectivity index (χ3v) is 4.05. The summed E-state index contributed by atoms with van der Waals surface area (Å²) in [4.78, 5) is 0. The largest absolute Gasteiger partial charge is 0.483 e. The van der Waals surface area contributed by atoms with E-state index < -0.39 is 0 Å². The van der Waals surface area contributed by atoms with Crippen molar-refractivity contribution in [2.45, 2.75) is 38.8 Å². The molecule has 114 valence electrons. The van der Waals surface area contributed by atoms with Gasteiger partial charge >= 0.3 is 0 Å². The normalized spacial score (nSPS) is 19.4. The van der Waals surface area contributed by atoms with Crippen LogP contribution in [0.2, 0.25) is 0 Å². The van der Waals surface area contributed by atoms with Crippen molar-refractivity contribution in [3.8, 4) is 5.75 Å². The molecule has 0 fully saturated rings. The zero-order chi connectivity index (χ0) is 15.4. The van der Waals surface area contributed by atoms with E-state index in [4.69, 9.17) is 4.74 Å². The zero-order valence-corrected chi connectivity index (χ0v) is 13.3. The number of ether oxygens (including phenoxy) is 1. The number of anilines is 1. The molecule has 0 spiro atoms. The van der Waals surface area contributed by atoms with Gasteiger partial charge in [-0.3, -0.25) is 0 Å². The van der Waals surface area contributed by atoms with E-state index >= 15 is 0 Å². The van der Waals surface area contributed by atoms with E-state index in [9.17, 15) is 0 Å². The first-order valence-electron chi connectivity index (χ1n) is 7.99. The lowest BCUT2D eigenvalue weighted by molar-refractivity contribution is 0.126. The first kappa shape index (κ1) is 14.7. The molecule has 1 atom stereocenters. The SMILES string of the molecule is CCCC1(C)C=Cc2cc(NCc3ccccc3)ccc2O1. The summed E-state index contributed by atoms with van der Waals surface area (Å²) in [5.74, 6) is 0.976. The molecule has 0 saturated heterocycles. The van der Waals surface area contributed by atoms with E-state index in [0.717, 1.165) is 36.4 Å². The Morgan fingerprint density at radius 2 is 1.91 bits per heavy atom. The van der Waals surface area contributed by atoms with E-state index in [0.29, 0.717) is 0 Å². The molecule has 0 bridgehead atoms. The van der Waals surface area contributed by atoms with Gasteiger partial charge in [0.15, 0.2) is 0 Å². The molecule has 0 aliphatic carbocycles. The lowest BCUT2D eigenvalue weighted by atomic mass is 9.95. The highest BCUT2D eigenvalue weighted by Crippen LogP contribution is 2.34. The monoisotopic (exact) mass is 293 g/mol. The number of nitrogens with one attached hydrogen (secondary N) is 1. The van der Waals surface area contributed by atoms with Gasteiger partial charge in [0, 0.05) is 17.8 Å². The predicted octanol–water partition coefficient (Wildman–Crippen LogP) is 5.26. The summed E-state index contributed by atoms with van der Waals surface area (Å²) in [7, 11) is 0. The summed E-state index contributed by atoms with van der Waals surface area (Å²) in [6.07, 6.45) is 6.52. The maximum atomic E-state index is 6.16. The first-order valence-corrected chi connectivity index (χ1v) is 7.99. The molecule has 3 rings (SSSR count). The second-order valence-corrected chi connectivity index (χ2v) is 6.09. The highest BCUT2D eigenvalue weighted by Gasteiger charge is 2.26. The van der Waals surface area contributed by atoms with Crippen LogP contribution in [0.3, 0.4) is 0 Å². The van der Waals surface area contributed by atoms with Gasteiger partial charge < -0.3 is 10.1 Å². The minimum Gasteiger partial charge on any atom is -0.483 e. The Hall–Kier alpha value is -2.22. The average Bonchev–Trinajstić information content (AvgIpc) is 2.54. The van der Waals surface area contributed by atoms with E-state index in [2.05, 4.69) is 73.8 Å². The highest BCUT2D eigenvalue weighted by molar-refractivity contribution is 5.66. The number of fused-ring (bicyclic) bond motifs is 1. The summed E-state index contributed by atoms with van der Waals surface area (Å²) < 4.78 is 6.16. The highest BCUT2D eigenvalue weighted by atomic mass is 16.5. The van der Waals surface area contributed by atoms with Crippen LogP contribution in [0.25, 0.3) is 6.08 Å². The summed E-state index contributed by atoms with van der Waals surface area (Å²) in [6, 6.07) is 16.7. The minimum absolute atomic E-state index is 0.166. The van der Waals surface area contributed by atoms with Crippen molar-refractivity contribution in [2.75, 3.05) is 5.32 Å². The zero-order valence-electron chi connectivity index (χ0n) is 13.3. The maximum absolute atomic E-state index is 6.16. The average molecular weight is 293 g/mol. The lowest BCUT2D eigenvalue weighted by Crippen LogP contribution is -2.31. The van der Waals surface area contributed by atoms with Gasteiger partial charge in [0.2, 0.25) is 0 Å². The van der Waals surface area contributed by atoms with Gasteiger partial charge in [0.05, 0.1) is 0 Å². The van der Waals surface area contributed by atoms with Gasteiger partial charge in [-0.1, -0.05) is 49.8 Å². The standard InChI is InChI=1S/C20H23NO/c1-3-12-20(2)13-11-17-14-18(9-10-19(17)22-20)21-15-16-7-5-4-6-8-16/h4-11,13-14,21H,3,12,15H2,1-2H3. The molecule has 0 aromatic heterocycles. The molecule has 1 unspecified atom stereocenters. The van der Waals surface area contributed by atoms with E-state index in [1.807, 2.05) is 6.07 Å². The second-order valence-electron chi connectivity index (χ2n) is 6.09. The predicted molar refractivity (Wildman–Crippen MR) is 93.2 cm³/mol. The van der Waals surface area contributed by atoms with Crippen molar-refractivity contribution < 1.29 is 4.74 Å². The fourth-order valence-corrected chi connectivity index (χ4v) is 2.86. The van der Waals surface area contributed by atoms with Crippen LogP contribution >= 0.6 is 0 Å². The summed E-state index contributed by atoms with van der Waals surface area (Å²) in [5, 5.41) is 3.47. The number of rotatable bonds is 5.